The van der Waals surface area contributed by atoms with Crippen LogP contribution in [0.25, 0.3) is 22.8 Å². The highest BCUT2D eigenvalue weighted by molar-refractivity contribution is 5.65. The molecule has 0 saturated heterocycles. The van der Waals surface area contributed by atoms with Crippen molar-refractivity contribution in [1.82, 2.24) is 15.1 Å². The van der Waals surface area contributed by atoms with Crippen LogP contribution in [0.2, 0.25) is 0 Å². The van der Waals surface area contributed by atoms with Crippen LogP contribution in [0.4, 0.5) is 0 Å². The van der Waals surface area contributed by atoms with Crippen LogP contribution < -0.4 is 14.2 Å². The van der Waals surface area contributed by atoms with Crippen molar-refractivity contribution in [3.63, 3.8) is 0 Å². The van der Waals surface area contributed by atoms with Gasteiger partial charge in [-0.1, -0.05) is 5.16 Å². The number of hydrogen-bond acceptors (Lipinski definition) is 7. The molecule has 0 bridgehead atoms. The van der Waals surface area contributed by atoms with Crippen molar-refractivity contribution in [2.45, 2.75) is 13.8 Å². The van der Waals surface area contributed by atoms with Gasteiger partial charge in [-0.05, 0) is 38.1 Å². The molecule has 0 saturated carbocycles. The van der Waals surface area contributed by atoms with Gasteiger partial charge in [0.25, 0.3) is 5.89 Å². The number of nitrogens with zero attached hydrogens (tertiary/aromatic N) is 3. The number of hydrogen-bond donors (Lipinski definition) is 0. The van der Waals surface area contributed by atoms with E-state index < -0.39 is 0 Å². The lowest BCUT2D eigenvalue weighted by molar-refractivity contribution is 0.327. The van der Waals surface area contributed by atoms with Gasteiger partial charge >= 0.3 is 0 Å². The van der Waals surface area contributed by atoms with Gasteiger partial charge in [-0.2, -0.15) is 4.98 Å². The minimum absolute atomic E-state index is 0.357. The lowest BCUT2D eigenvalue weighted by Gasteiger charge is -2.06. The molecule has 3 rings (SSSR count). The van der Waals surface area contributed by atoms with E-state index in [1.807, 2.05) is 26.0 Å². The molecule has 0 aliphatic rings. The third-order valence-electron chi connectivity index (χ3n) is 3.55. The summed E-state index contributed by atoms with van der Waals surface area (Å²) < 4.78 is 21.5. The van der Waals surface area contributed by atoms with Crippen molar-refractivity contribution in [3.05, 3.63) is 36.0 Å². The molecule has 25 heavy (non-hydrogen) atoms. The van der Waals surface area contributed by atoms with Gasteiger partial charge in [-0.25, -0.2) is 4.98 Å². The molecular weight excluding hydrogens is 322 g/mol. The van der Waals surface area contributed by atoms with Crippen molar-refractivity contribution in [2.75, 3.05) is 20.8 Å². The van der Waals surface area contributed by atoms with Gasteiger partial charge in [0.2, 0.25) is 11.7 Å². The Balaban J connectivity index is 2.01. The third-order valence-corrected chi connectivity index (χ3v) is 3.55. The fraction of sp³-hybridized carbons (Fsp3) is 0.278. The molecule has 0 aliphatic carbocycles. The Hall–Kier alpha value is -3.09. The maximum Gasteiger partial charge on any atom is 0.258 e. The first-order valence-corrected chi connectivity index (χ1v) is 7.82. The molecule has 3 aromatic rings. The molecular formula is C18H19N3O4. The summed E-state index contributed by atoms with van der Waals surface area (Å²) in [6.45, 7) is 4.30. The van der Waals surface area contributed by atoms with Gasteiger partial charge < -0.3 is 18.7 Å². The fourth-order valence-corrected chi connectivity index (χ4v) is 2.33. The highest BCUT2D eigenvalue weighted by Crippen LogP contribution is 2.32. The molecule has 0 atom stereocenters. The summed E-state index contributed by atoms with van der Waals surface area (Å²) >= 11 is 0. The Bertz CT molecular complexity index is 854. The largest absolute Gasteiger partial charge is 0.497 e. The molecule has 0 amide bonds. The summed E-state index contributed by atoms with van der Waals surface area (Å²) in [5, 5.41) is 4.06. The van der Waals surface area contributed by atoms with Crippen molar-refractivity contribution in [2.24, 2.45) is 0 Å². The highest BCUT2D eigenvalue weighted by atomic mass is 16.5. The van der Waals surface area contributed by atoms with Crippen LogP contribution in [0, 0.1) is 6.92 Å². The second-order valence-corrected chi connectivity index (χ2v) is 5.26. The van der Waals surface area contributed by atoms with Crippen LogP contribution in [-0.4, -0.2) is 36.0 Å². The van der Waals surface area contributed by atoms with Crippen LogP contribution >= 0.6 is 0 Å². The van der Waals surface area contributed by atoms with Crippen LogP contribution in [-0.2, 0) is 0 Å². The minimum Gasteiger partial charge on any atom is -0.497 e. The predicted molar refractivity (Wildman–Crippen MR) is 92.0 cm³/mol. The van der Waals surface area contributed by atoms with Crippen molar-refractivity contribution >= 4 is 0 Å². The molecule has 2 heterocycles. The smallest absolute Gasteiger partial charge is 0.258 e. The summed E-state index contributed by atoms with van der Waals surface area (Å²) in [7, 11) is 3.17. The first kappa shape index (κ1) is 16.8. The van der Waals surface area contributed by atoms with E-state index in [1.54, 1.807) is 32.4 Å². The topological polar surface area (TPSA) is 79.5 Å². The molecule has 7 nitrogen and oxygen atoms in total. The molecule has 0 N–H and O–H groups in total. The van der Waals surface area contributed by atoms with Gasteiger partial charge in [-0.15, -0.1) is 0 Å². The van der Waals surface area contributed by atoms with E-state index in [4.69, 9.17) is 18.7 Å². The van der Waals surface area contributed by atoms with Crippen molar-refractivity contribution in [1.29, 1.82) is 0 Å². The van der Waals surface area contributed by atoms with Crippen LogP contribution in [0.5, 0.6) is 17.4 Å². The first-order valence-electron chi connectivity index (χ1n) is 7.82. The molecule has 0 unspecified atom stereocenters. The van der Waals surface area contributed by atoms with Gasteiger partial charge in [0, 0.05) is 17.3 Å². The monoisotopic (exact) mass is 341 g/mol. The van der Waals surface area contributed by atoms with Crippen LogP contribution in [0.3, 0.4) is 0 Å². The second-order valence-electron chi connectivity index (χ2n) is 5.26. The molecule has 2 aromatic heterocycles. The molecule has 0 fully saturated rings. The quantitative estimate of drug-likeness (QED) is 0.678. The zero-order chi connectivity index (χ0) is 17.8. The number of methoxy groups -OCH3 is 2. The average Bonchev–Trinajstić information content (AvgIpc) is 3.11. The van der Waals surface area contributed by atoms with E-state index in [1.165, 1.54) is 0 Å². The maximum atomic E-state index is 5.59. The standard InChI is InChI=1S/C18H19N3O4/c1-5-24-18-15(7-6-11(2)19-18)16-20-17(25-21-16)12-8-13(22-3)10-14(9-12)23-4/h6-10H,5H2,1-4H3. The number of aromatic nitrogens is 3. The van der Waals surface area contributed by atoms with Gasteiger partial charge in [0.1, 0.15) is 11.5 Å². The van der Waals surface area contributed by atoms with Crippen LogP contribution in [0.1, 0.15) is 12.6 Å². The van der Waals surface area contributed by atoms with Crippen molar-refractivity contribution < 1.29 is 18.7 Å². The molecule has 1 aromatic carbocycles. The van der Waals surface area contributed by atoms with E-state index in [0.717, 1.165) is 5.69 Å². The summed E-state index contributed by atoms with van der Waals surface area (Å²) in [6, 6.07) is 9.13. The Morgan fingerprint density at radius 3 is 2.36 bits per heavy atom. The molecule has 0 spiro atoms. The molecule has 7 heteroatoms. The summed E-state index contributed by atoms with van der Waals surface area (Å²) in [4.78, 5) is 8.86. The Labute approximate surface area is 145 Å². The Morgan fingerprint density at radius 1 is 1.00 bits per heavy atom. The first-order chi connectivity index (χ1) is 12.1. The van der Waals surface area contributed by atoms with Gasteiger partial charge in [-0.3, -0.25) is 0 Å². The number of ether oxygens (including phenoxy) is 3. The van der Waals surface area contributed by atoms with Gasteiger partial charge in [0.15, 0.2) is 0 Å². The lowest BCUT2D eigenvalue weighted by Crippen LogP contribution is -1.98. The molecule has 130 valence electrons. The van der Waals surface area contributed by atoms with E-state index >= 15 is 0 Å². The van der Waals surface area contributed by atoms with Gasteiger partial charge in [0.05, 0.1) is 26.4 Å². The fourth-order valence-electron chi connectivity index (χ4n) is 2.33. The zero-order valence-corrected chi connectivity index (χ0v) is 14.6. The summed E-state index contributed by atoms with van der Waals surface area (Å²) in [6.07, 6.45) is 0. The highest BCUT2D eigenvalue weighted by Gasteiger charge is 2.17. The molecule has 0 aliphatic heterocycles. The number of benzene rings is 1. The Kier molecular flexibility index (Phi) is 4.83. The third kappa shape index (κ3) is 3.55. The SMILES string of the molecule is CCOc1nc(C)ccc1-c1noc(-c2cc(OC)cc(OC)c2)n1. The van der Waals surface area contributed by atoms with E-state index in [0.29, 0.717) is 46.8 Å². The normalized spacial score (nSPS) is 10.6. The zero-order valence-electron chi connectivity index (χ0n) is 14.6. The average molecular weight is 341 g/mol. The van der Waals surface area contributed by atoms with E-state index in [-0.39, 0.29) is 0 Å². The summed E-state index contributed by atoms with van der Waals surface area (Å²) in [5.74, 6) is 2.53. The molecule has 0 radical (unpaired) electrons. The number of aryl methyl sites for hydroxylation is 1. The number of pyridine rings is 1. The second kappa shape index (κ2) is 7.21. The summed E-state index contributed by atoms with van der Waals surface area (Å²) in [5.41, 5.74) is 2.23. The van der Waals surface area contributed by atoms with E-state index in [9.17, 15) is 0 Å². The van der Waals surface area contributed by atoms with E-state index in [2.05, 4.69) is 15.1 Å². The predicted octanol–water partition coefficient (Wildman–Crippen LogP) is 3.52. The maximum absolute atomic E-state index is 5.59. The number of rotatable bonds is 6. The lowest BCUT2D eigenvalue weighted by atomic mass is 10.2. The van der Waals surface area contributed by atoms with Crippen LogP contribution in [0.15, 0.2) is 34.9 Å². The van der Waals surface area contributed by atoms with Crippen molar-refractivity contribution in [3.8, 4) is 40.2 Å². The minimum atomic E-state index is 0.357. The Morgan fingerprint density at radius 2 is 1.72 bits per heavy atom.